The van der Waals surface area contributed by atoms with Crippen molar-refractivity contribution in [2.24, 2.45) is 7.05 Å². The molecule has 1 atom stereocenters. The molecule has 0 amide bonds. The van der Waals surface area contributed by atoms with Gasteiger partial charge in [-0.1, -0.05) is 0 Å². The average molecular weight is 248 g/mol. The summed E-state index contributed by atoms with van der Waals surface area (Å²) in [7, 11) is 1.97. The number of nitrogens with one attached hydrogen (secondary N) is 1. The molecule has 0 aliphatic rings. The molecule has 0 spiro atoms. The first-order valence-electron chi connectivity index (χ1n) is 5.97. The highest BCUT2D eigenvalue weighted by Gasteiger charge is 2.06. The fourth-order valence-corrected chi connectivity index (χ4v) is 1.82. The number of aryl methyl sites for hydroxylation is 1. The zero-order valence-electron chi connectivity index (χ0n) is 10.6. The summed E-state index contributed by atoms with van der Waals surface area (Å²) >= 11 is 0. The van der Waals surface area contributed by atoms with E-state index >= 15 is 0 Å². The van der Waals surface area contributed by atoms with Gasteiger partial charge in [0.15, 0.2) is 0 Å². The summed E-state index contributed by atoms with van der Waals surface area (Å²) < 4.78 is 15.0. The quantitative estimate of drug-likeness (QED) is 0.878. The fourth-order valence-electron chi connectivity index (χ4n) is 1.82. The molecule has 96 valence electrons. The van der Waals surface area contributed by atoms with Gasteiger partial charge in [0, 0.05) is 44.6 Å². The van der Waals surface area contributed by atoms with Crippen LogP contribution in [0.2, 0.25) is 0 Å². The summed E-state index contributed by atoms with van der Waals surface area (Å²) in [6.45, 7) is 2.79. The molecule has 0 fully saturated rings. The number of hydrogen-bond acceptors (Lipinski definition) is 3. The molecule has 1 N–H and O–H groups in total. The van der Waals surface area contributed by atoms with Crippen LogP contribution in [0.5, 0.6) is 0 Å². The third kappa shape index (κ3) is 3.13. The maximum absolute atomic E-state index is 13.0. The highest BCUT2D eigenvalue weighted by Crippen LogP contribution is 2.11. The summed E-state index contributed by atoms with van der Waals surface area (Å²) in [6, 6.07) is 1.58. The molecule has 4 nitrogen and oxygen atoms in total. The van der Waals surface area contributed by atoms with E-state index in [0.29, 0.717) is 0 Å². The molecule has 0 saturated heterocycles. The van der Waals surface area contributed by atoms with E-state index in [0.717, 1.165) is 24.4 Å². The molecule has 2 aromatic rings. The lowest BCUT2D eigenvalue weighted by atomic mass is 10.1. The van der Waals surface area contributed by atoms with E-state index in [9.17, 15) is 4.39 Å². The molecule has 0 aromatic carbocycles. The second-order valence-electron chi connectivity index (χ2n) is 4.32. The van der Waals surface area contributed by atoms with Crippen LogP contribution in [0.1, 0.15) is 24.4 Å². The third-order valence-corrected chi connectivity index (χ3v) is 2.95. The molecular weight excluding hydrogens is 231 g/mol. The van der Waals surface area contributed by atoms with Gasteiger partial charge in [-0.3, -0.25) is 4.98 Å². The molecule has 5 heteroatoms. The number of nitrogens with zero attached hydrogens (tertiary/aromatic N) is 3. The van der Waals surface area contributed by atoms with Crippen LogP contribution in [0.3, 0.4) is 0 Å². The number of rotatable bonds is 5. The van der Waals surface area contributed by atoms with E-state index < -0.39 is 0 Å². The topological polar surface area (TPSA) is 42.7 Å². The van der Waals surface area contributed by atoms with Gasteiger partial charge >= 0.3 is 0 Å². The van der Waals surface area contributed by atoms with E-state index in [1.54, 1.807) is 12.4 Å². The first-order valence-corrected chi connectivity index (χ1v) is 5.97. The van der Waals surface area contributed by atoms with Gasteiger partial charge in [-0.25, -0.2) is 9.37 Å². The van der Waals surface area contributed by atoms with Gasteiger partial charge in [0.25, 0.3) is 0 Å². The van der Waals surface area contributed by atoms with Crippen LogP contribution in [0, 0.1) is 5.82 Å². The number of aromatic nitrogens is 3. The SMILES string of the molecule is CC(NCCc1nccn1C)c1cncc(F)c1. The van der Waals surface area contributed by atoms with Crippen LogP contribution < -0.4 is 5.32 Å². The third-order valence-electron chi connectivity index (χ3n) is 2.95. The van der Waals surface area contributed by atoms with Gasteiger partial charge in [0.2, 0.25) is 0 Å². The van der Waals surface area contributed by atoms with Crippen molar-refractivity contribution >= 4 is 0 Å². The van der Waals surface area contributed by atoms with E-state index in [-0.39, 0.29) is 11.9 Å². The molecule has 2 aromatic heterocycles. The summed E-state index contributed by atoms with van der Waals surface area (Å²) in [5.74, 6) is 0.734. The molecular formula is C13H17FN4. The minimum Gasteiger partial charge on any atom is -0.338 e. The lowest BCUT2D eigenvalue weighted by Gasteiger charge is -2.13. The van der Waals surface area contributed by atoms with Crippen molar-refractivity contribution in [1.82, 2.24) is 19.9 Å². The van der Waals surface area contributed by atoms with Crippen molar-refractivity contribution in [3.05, 3.63) is 48.1 Å². The predicted octanol–water partition coefficient (Wildman–Crippen LogP) is 1.85. The first-order chi connectivity index (χ1) is 8.66. The van der Waals surface area contributed by atoms with E-state index in [2.05, 4.69) is 15.3 Å². The first kappa shape index (κ1) is 12.7. The molecule has 0 saturated carbocycles. The van der Waals surface area contributed by atoms with Crippen molar-refractivity contribution < 1.29 is 4.39 Å². The predicted molar refractivity (Wildman–Crippen MR) is 67.5 cm³/mol. The standard InChI is InChI=1S/C13H17FN4/c1-10(11-7-12(14)9-15-8-11)16-4-3-13-17-5-6-18(13)2/h5-10,16H,3-4H2,1-2H3. The summed E-state index contributed by atoms with van der Waals surface area (Å²) in [4.78, 5) is 8.10. The smallest absolute Gasteiger partial charge is 0.141 e. The largest absolute Gasteiger partial charge is 0.338 e. The minimum atomic E-state index is -0.301. The zero-order valence-corrected chi connectivity index (χ0v) is 10.6. The van der Waals surface area contributed by atoms with Gasteiger partial charge in [0.05, 0.1) is 6.20 Å². The Morgan fingerprint density at radius 3 is 2.94 bits per heavy atom. The molecule has 2 heterocycles. The van der Waals surface area contributed by atoms with Gasteiger partial charge in [-0.05, 0) is 18.6 Å². The van der Waals surface area contributed by atoms with Crippen LogP contribution in [-0.2, 0) is 13.5 Å². The Labute approximate surface area is 106 Å². The van der Waals surface area contributed by atoms with Gasteiger partial charge in [-0.15, -0.1) is 0 Å². The summed E-state index contributed by atoms with van der Waals surface area (Å²) in [5, 5.41) is 3.33. The molecule has 2 rings (SSSR count). The van der Waals surface area contributed by atoms with Crippen LogP contribution in [0.15, 0.2) is 30.9 Å². The molecule has 0 radical (unpaired) electrons. The Kier molecular flexibility index (Phi) is 4.04. The highest BCUT2D eigenvalue weighted by atomic mass is 19.1. The molecule has 0 bridgehead atoms. The second-order valence-corrected chi connectivity index (χ2v) is 4.32. The van der Waals surface area contributed by atoms with E-state index in [1.165, 1.54) is 12.3 Å². The Morgan fingerprint density at radius 2 is 2.28 bits per heavy atom. The van der Waals surface area contributed by atoms with Crippen LogP contribution in [0.25, 0.3) is 0 Å². The number of hydrogen-bond donors (Lipinski definition) is 1. The lowest BCUT2D eigenvalue weighted by Crippen LogP contribution is -2.22. The maximum atomic E-state index is 13.0. The number of pyridine rings is 1. The summed E-state index contributed by atoms with van der Waals surface area (Å²) in [5.41, 5.74) is 0.856. The lowest BCUT2D eigenvalue weighted by molar-refractivity contribution is 0.554. The minimum absolute atomic E-state index is 0.0773. The molecule has 0 aliphatic heterocycles. The second kappa shape index (κ2) is 5.73. The molecule has 18 heavy (non-hydrogen) atoms. The van der Waals surface area contributed by atoms with Crippen molar-refractivity contribution in [2.45, 2.75) is 19.4 Å². The average Bonchev–Trinajstić information content (AvgIpc) is 2.75. The number of halogens is 1. The van der Waals surface area contributed by atoms with E-state index in [4.69, 9.17) is 0 Å². The van der Waals surface area contributed by atoms with Crippen LogP contribution in [0.4, 0.5) is 4.39 Å². The van der Waals surface area contributed by atoms with Gasteiger partial charge < -0.3 is 9.88 Å². The van der Waals surface area contributed by atoms with Crippen molar-refractivity contribution in [3.63, 3.8) is 0 Å². The Bertz CT molecular complexity index is 509. The van der Waals surface area contributed by atoms with Gasteiger partial charge in [-0.2, -0.15) is 0 Å². The Hall–Kier alpha value is -1.75. The van der Waals surface area contributed by atoms with Crippen molar-refractivity contribution in [3.8, 4) is 0 Å². The summed E-state index contributed by atoms with van der Waals surface area (Å²) in [6.07, 6.45) is 7.45. The van der Waals surface area contributed by atoms with Crippen molar-refractivity contribution in [1.29, 1.82) is 0 Å². The molecule has 0 aliphatic carbocycles. The van der Waals surface area contributed by atoms with Crippen molar-refractivity contribution in [2.75, 3.05) is 6.54 Å². The Balaban J connectivity index is 1.85. The monoisotopic (exact) mass is 248 g/mol. The maximum Gasteiger partial charge on any atom is 0.141 e. The molecule has 1 unspecified atom stereocenters. The van der Waals surface area contributed by atoms with Gasteiger partial charge in [0.1, 0.15) is 11.6 Å². The van der Waals surface area contributed by atoms with Crippen LogP contribution >= 0.6 is 0 Å². The van der Waals surface area contributed by atoms with E-state index in [1.807, 2.05) is 24.7 Å². The Morgan fingerprint density at radius 1 is 1.44 bits per heavy atom. The van der Waals surface area contributed by atoms with Crippen LogP contribution in [-0.4, -0.2) is 21.1 Å². The zero-order chi connectivity index (χ0) is 13.0. The number of imidazole rings is 1. The normalized spacial score (nSPS) is 12.6. The highest BCUT2D eigenvalue weighted by molar-refractivity contribution is 5.14. The fraction of sp³-hybridized carbons (Fsp3) is 0.385.